The van der Waals surface area contributed by atoms with Crippen LogP contribution in [-0.2, 0) is 25.7 Å². The van der Waals surface area contributed by atoms with Crippen molar-refractivity contribution in [2.24, 2.45) is 0 Å². The summed E-state index contributed by atoms with van der Waals surface area (Å²) in [5, 5.41) is 0. The van der Waals surface area contributed by atoms with E-state index in [1.807, 2.05) is 42.5 Å². The molecule has 0 fully saturated rings. The lowest BCUT2D eigenvalue weighted by Gasteiger charge is -2.14. The smallest absolute Gasteiger partial charge is 0.203 e. The first-order chi connectivity index (χ1) is 19.1. The summed E-state index contributed by atoms with van der Waals surface area (Å²) in [5.41, 5.74) is 4.76. The van der Waals surface area contributed by atoms with Gasteiger partial charge in [-0.3, -0.25) is 0 Å². The van der Waals surface area contributed by atoms with Crippen molar-refractivity contribution in [3.05, 3.63) is 101 Å². The summed E-state index contributed by atoms with van der Waals surface area (Å²) < 4.78 is 33.4. The van der Waals surface area contributed by atoms with Crippen LogP contribution in [-0.4, -0.2) is 35.5 Å². The quantitative estimate of drug-likeness (QED) is 0.185. The molecule has 0 aliphatic heterocycles. The number of hydrogen-bond acceptors (Lipinski definition) is 6. The minimum Gasteiger partial charge on any atom is -0.497 e. The fraction of sp³-hybridized carbons (Fsp3) is 0.273. The van der Waals surface area contributed by atoms with E-state index >= 15 is 0 Å². The molecule has 0 radical (unpaired) electrons. The predicted octanol–water partition coefficient (Wildman–Crippen LogP) is 7.09. The summed E-state index contributed by atoms with van der Waals surface area (Å²) in [7, 11) is 8.21. The first-order valence-corrected chi connectivity index (χ1v) is 12.9. The van der Waals surface area contributed by atoms with Gasteiger partial charge < -0.3 is 28.4 Å². The average Bonchev–Trinajstić information content (AvgIpc) is 2.99. The lowest BCUT2D eigenvalue weighted by Crippen LogP contribution is -1.98. The first-order valence-electron chi connectivity index (χ1n) is 12.9. The third kappa shape index (κ3) is 7.17. The Labute approximate surface area is 231 Å². The molecular formula is C33H36O6. The number of benzene rings is 4. The molecular weight excluding hydrogens is 492 g/mol. The average molecular weight is 529 g/mol. The maximum Gasteiger partial charge on any atom is 0.203 e. The summed E-state index contributed by atoms with van der Waals surface area (Å²) in [6, 6.07) is 26.4. The molecule has 0 aliphatic carbocycles. The second kappa shape index (κ2) is 13.5. The predicted molar refractivity (Wildman–Crippen MR) is 153 cm³/mol. The van der Waals surface area contributed by atoms with Gasteiger partial charge >= 0.3 is 0 Å². The Morgan fingerprint density at radius 3 is 1.36 bits per heavy atom. The maximum absolute atomic E-state index is 6.24. The van der Waals surface area contributed by atoms with Crippen LogP contribution in [0.1, 0.15) is 22.3 Å². The van der Waals surface area contributed by atoms with E-state index in [9.17, 15) is 0 Å². The van der Waals surface area contributed by atoms with Crippen LogP contribution in [0.2, 0.25) is 0 Å². The fourth-order valence-corrected chi connectivity index (χ4v) is 4.46. The molecule has 0 aliphatic rings. The number of ether oxygens (including phenoxy) is 6. The molecule has 0 spiro atoms. The number of rotatable bonds is 13. The van der Waals surface area contributed by atoms with Gasteiger partial charge in [-0.1, -0.05) is 30.3 Å². The van der Waals surface area contributed by atoms with E-state index in [0.717, 1.165) is 42.7 Å². The van der Waals surface area contributed by atoms with Crippen LogP contribution in [0.3, 0.4) is 0 Å². The molecule has 4 aromatic rings. The topological polar surface area (TPSA) is 55.4 Å². The molecule has 4 rings (SSSR count). The van der Waals surface area contributed by atoms with Gasteiger partial charge in [0, 0.05) is 0 Å². The summed E-state index contributed by atoms with van der Waals surface area (Å²) in [5.74, 6) is 4.96. The van der Waals surface area contributed by atoms with Crippen LogP contribution in [0.15, 0.2) is 78.9 Å². The standard InChI is InChI=1S/C33H36O6/c1-34-27-15-10-23(11-16-27)6-8-25-14-19-29(35-2)30(20-25)39-28-17-12-24(13-18-28)7-9-26-21-31(36-3)33(38-5)32(22-26)37-4/h10-22H,6-9H2,1-5H3. The normalized spacial score (nSPS) is 10.6. The zero-order chi connectivity index (χ0) is 27.6. The SMILES string of the molecule is COc1ccc(CCc2ccc(OC)c(Oc3ccc(CCc4cc(OC)c(OC)c(OC)c4)cc3)c2)cc1. The van der Waals surface area contributed by atoms with Gasteiger partial charge in [-0.2, -0.15) is 0 Å². The first kappa shape index (κ1) is 27.7. The molecule has 0 heterocycles. The molecule has 204 valence electrons. The van der Waals surface area contributed by atoms with E-state index in [4.69, 9.17) is 28.4 Å². The van der Waals surface area contributed by atoms with E-state index < -0.39 is 0 Å². The molecule has 0 bridgehead atoms. The van der Waals surface area contributed by atoms with Crippen molar-refractivity contribution < 1.29 is 28.4 Å². The Morgan fingerprint density at radius 1 is 0.385 bits per heavy atom. The van der Waals surface area contributed by atoms with Crippen molar-refractivity contribution in [2.75, 3.05) is 35.5 Å². The van der Waals surface area contributed by atoms with E-state index in [-0.39, 0.29) is 0 Å². The van der Waals surface area contributed by atoms with Gasteiger partial charge in [0.15, 0.2) is 23.0 Å². The van der Waals surface area contributed by atoms with Crippen LogP contribution in [0.5, 0.6) is 40.2 Å². The molecule has 0 saturated carbocycles. The molecule has 6 nitrogen and oxygen atoms in total. The van der Waals surface area contributed by atoms with Crippen molar-refractivity contribution in [2.45, 2.75) is 25.7 Å². The summed E-state index contributed by atoms with van der Waals surface area (Å²) in [6.07, 6.45) is 3.52. The fourth-order valence-electron chi connectivity index (χ4n) is 4.46. The highest BCUT2D eigenvalue weighted by Crippen LogP contribution is 2.38. The molecule has 4 aromatic carbocycles. The lowest BCUT2D eigenvalue weighted by molar-refractivity contribution is 0.324. The van der Waals surface area contributed by atoms with Crippen LogP contribution < -0.4 is 28.4 Å². The molecule has 0 N–H and O–H groups in total. The Hall–Kier alpha value is -4.32. The monoisotopic (exact) mass is 528 g/mol. The van der Waals surface area contributed by atoms with Crippen LogP contribution in [0.4, 0.5) is 0 Å². The van der Waals surface area contributed by atoms with Crippen molar-refractivity contribution in [1.29, 1.82) is 0 Å². The molecule has 0 saturated heterocycles. The minimum absolute atomic E-state index is 0.602. The molecule has 0 amide bonds. The Kier molecular flexibility index (Phi) is 9.57. The van der Waals surface area contributed by atoms with E-state index in [2.05, 4.69) is 36.4 Å². The van der Waals surface area contributed by atoms with Gasteiger partial charge in [0.25, 0.3) is 0 Å². The Balaban J connectivity index is 1.39. The van der Waals surface area contributed by atoms with Crippen LogP contribution in [0.25, 0.3) is 0 Å². The van der Waals surface area contributed by atoms with Crippen LogP contribution in [0, 0.1) is 0 Å². The molecule has 6 heteroatoms. The van der Waals surface area contributed by atoms with Crippen molar-refractivity contribution in [1.82, 2.24) is 0 Å². The minimum atomic E-state index is 0.602. The lowest BCUT2D eigenvalue weighted by atomic mass is 10.0. The second-order valence-corrected chi connectivity index (χ2v) is 9.11. The highest BCUT2D eigenvalue weighted by atomic mass is 16.5. The van der Waals surface area contributed by atoms with Crippen molar-refractivity contribution in [3.63, 3.8) is 0 Å². The maximum atomic E-state index is 6.24. The van der Waals surface area contributed by atoms with E-state index in [1.165, 1.54) is 16.7 Å². The summed E-state index contributed by atoms with van der Waals surface area (Å²) in [6.45, 7) is 0. The summed E-state index contributed by atoms with van der Waals surface area (Å²) >= 11 is 0. The molecule has 39 heavy (non-hydrogen) atoms. The van der Waals surface area contributed by atoms with E-state index in [0.29, 0.717) is 28.7 Å². The van der Waals surface area contributed by atoms with Gasteiger partial charge in [0.05, 0.1) is 35.5 Å². The van der Waals surface area contributed by atoms with Crippen LogP contribution >= 0.6 is 0 Å². The largest absolute Gasteiger partial charge is 0.497 e. The highest BCUT2D eigenvalue weighted by molar-refractivity contribution is 5.54. The van der Waals surface area contributed by atoms with Gasteiger partial charge in [0.1, 0.15) is 11.5 Å². The molecule has 0 unspecified atom stereocenters. The Bertz CT molecular complexity index is 1320. The number of methoxy groups -OCH3 is 5. The van der Waals surface area contributed by atoms with Crippen molar-refractivity contribution in [3.8, 4) is 40.2 Å². The molecule has 0 atom stereocenters. The second-order valence-electron chi connectivity index (χ2n) is 9.11. The zero-order valence-electron chi connectivity index (χ0n) is 23.3. The number of aryl methyl sites for hydroxylation is 4. The van der Waals surface area contributed by atoms with E-state index in [1.54, 1.807) is 35.5 Å². The van der Waals surface area contributed by atoms with Gasteiger partial charge in [-0.25, -0.2) is 0 Å². The van der Waals surface area contributed by atoms with Gasteiger partial charge in [0.2, 0.25) is 5.75 Å². The van der Waals surface area contributed by atoms with Crippen molar-refractivity contribution >= 4 is 0 Å². The zero-order valence-corrected chi connectivity index (χ0v) is 23.3. The van der Waals surface area contributed by atoms with Gasteiger partial charge in [-0.05, 0) is 96.5 Å². The third-order valence-electron chi connectivity index (χ3n) is 6.67. The number of hydrogen-bond donors (Lipinski definition) is 0. The molecule has 0 aromatic heterocycles. The summed E-state index contributed by atoms with van der Waals surface area (Å²) in [4.78, 5) is 0. The third-order valence-corrected chi connectivity index (χ3v) is 6.67. The van der Waals surface area contributed by atoms with Gasteiger partial charge in [-0.15, -0.1) is 0 Å². The Morgan fingerprint density at radius 2 is 0.846 bits per heavy atom. The highest BCUT2D eigenvalue weighted by Gasteiger charge is 2.13.